The van der Waals surface area contributed by atoms with Gasteiger partial charge in [0.15, 0.2) is 0 Å². The van der Waals surface area contributed by atoms with Crippen LogP contribution in [0, 0.1) is 0 Å². The fourth-order valence-electron chi connectivity index (χ4n) is 1.91. The summed E-state index contributed by atoms with van der Waals surface area (Å²) in [6.45, 7) is 1.74. The van der Waals surface area contributed by atoms with Gasteiger partial charge >= 0.3 is 0 Å². The fourth-order valence-corrected chi connectivity index (χ4v) is 1.91. The zero-order chi connectivity index (χ0) is 13.8. The largest absolute Gasteiger partial charge is 0.390 e. The van der Waals surface area contributed by atoms with Gasteiger partial charge in [0.25, 0.3) is 0 Å². The van der Waals surface area contributed by atoms with Crippen molar-refractivity contribution >= 4 is 16.8 Å². The van der Waals surface area contributed by atoms with Gasteiger partial charge < -0.3 is 15.5 Å². The highest BCUT2D eigenvalue weighted by Gasteiger charge is 2.18. The number of hydrogen-bond acceptors (Lipinski definition) is 4. The molecule has 0 saturated carbocycles. The third kappa shape index (κ3) is 3.30. The Kier molecular flexibility index (Phi) is 4.13. The molecule has 0 spiro atoms. The molecule has 0 aliphatic rings. The average Bonchev–Trinajstić information content (AvgIpc) is 2.84. The van der Waals surface area contributed by atoms with Crippen molar-refractivity contribution in [1.29, 1.82) is 0 Å². The van der Waals surface area contributed by atoms with Crippen molar-refractivity contribution in [3.05, 3.63) is 30.0 Å². The summed E-state index contributed by atoms with van der Waals surface area (Å²) in [7, 11) is 0. The molecule has 0 radical (unpaired) electrons. The summed E-state index contributed by atoms with van der Waals surface area (Å²) >= 11 is 0. The van der Waals surface area contributed by atoms with Crippen LogP contribution in [0.1, 0.15) is 25.0 Å². The lowest BCUT2D eigenvalue weighted by Gasteiger charge is -2.18. The zero-order valence-corrected chi connectivity index (χ0v) is 10.6. The van der Waals surface area contributed by atoms with E-state index in [2.05, 4.69) is 15.5 Å². The van der Waals surface area contributed by atoms with Crippen molar-refractivity contribution in [3.8, 4) is 0 Å². The minimum absolute atomic E-state index is 0.152. The van der Waals surface area contributed by atoms with Gasteiger partial charge in [-0.15, -0.1) is 0 Å². The number of carbonyl (C=O) groups is 1. The first-order valence-corrected chi connectivity index (χ1v) is 6.11. The summed E-state index contributed by atoms with van der Waals surface area (Å²) < 4.78 is 0. The smallest absolute Gasteiger partial charge is 0.216 e. The van der Waals surface area contributed by atoms with Crippen LogP contribution in [0.2, 0.25) is 0 Å². The lowest BCUT2D eigenvalue weighted by Crippen LogP contribution is -2.27. The van der Waals surface area contributed by atoms with Crippen LogP contribution in [0.5, 0.6) is 0 Å². The van der Waals surface area contributed by atoms with E-state index >= 15 is 0 Å². The number of rotatable bonds is 5. The van der Waals surface area contributed by atoms with Gasteiger partial charge in [-0.25, -0.2) is 0 Å². The minimum atomic E-state index is -0.985. The molecule has 0 aliphatic carbocycles. The van der Waals surface area contributed by atoms with Gasteiger partial charge in [0.1, 0.15) is 6.10 Å². The molecule has 0 aliphatic heterocycles. The van der Waals surface area contributed by atoms with Crippen molar-refractivity contribution in [1.82, 2.24) is 15.5 Å². The second kappa shape index (κ2) is 5.81. The van der Waals surface area contributed by atoms with Gasteiger partial charge in [0.2, 0.25) is 5.91 Å². The highest BCUT2D eigenvalue weighted by molar-refractivity contribution is 5.78. The molecule has 2 rings (SSSR count). The molecule has 2 aromatic rings. The number of hydrogen-bond donors (Lipinski definition) is 4. The first-order valence-electron chi connectivity index (χ1n) is 6.11. The summed E-state index contributed by atoms with van der Waals surface area (Å²) in [5.74, 6) is -0.152. The molecule has 2 atom stereocenters. The fraction of sp³-hybridized carbons (Fsp3) is 0.385. The third-order valence-electron chi connectivity index (χ3n) is 2.99. The Hall–Kier alpha value is -1.92. The van der Waals surface area contributed by atoms with E-state index in [1.807, 2.05) is 6.07 Å². The van der Waals surface area contributed by atoms with Crippen molar-refractivity contribution < 1.29 is 15.0 Å². The van der Waals surface area contributed by atoms with Crippen molar-refractivity contribution in [3.63, 3.8) is 0 Å². The minimum Gasteiger partial charge on any atom is -0.390 e. The van der Waals surface area contributed by atoms with Crippen LogP contribution in [-0.2, 0) is 4.79 Å². The Morgan fingerprint density at radius 3 is 3.00 bits per heavy atom. The van der Waals surface area contributed by atoms with E-state index in [1.165, 1.54) is 6.92 Å². The lowest BCUT2D eigenvalue weighted by molar-refractivity contribution is -0.119. The number of carbonyl (C=O) groups excluding carboxylic acids is 1. The van der Waals surface area contributed by atoms with Crippen LogP contribution >= 0.6 is 0 Å². The first kappa shape index (κ1) is 13.5. The molecule has 102 valence electrons. The number of nitrogens with zero attached hydrogens (tertiary/aromatic N) is 1. The molecule has 6 heteroatoms. The average molecular weight is 263 g/mol. The molecule has 6 nitrogen and oxygen atoms in total. The van der Waals surface area contributed by atoms with E-state index < -0.39 is 12.2 Å². The summed E-state index contributed by atoms with van der Waals surface area (Å²) in [6.07, 6.45) is 0.0779. The molecule has 1 aromatic carbocycles. The molecule has 1 amide bonds. The maximum atomic E-state index is 10.7. The predicted molar refractivity (Wildman–Crippen MR) is 70.4 cm³/mol. The molecule has 0 saturated heterocycles. The third-order valence-corrected chi connectivity index (χ3v) is 2.99. The van der Waals surface area contributed by atoms with E-state index in [1.54, 1.807) is 18.3 Å². The number of H-pyrrole nitrogens is 1. The number of benzene rings is 1. The van der Waals surface area contributed by atoms with E-state index in [4.69, 9.17) is 0 Å². The van der Waals surface area contributed by atoms with E-state index in [-0.39, 0.29) is 5.91 Å². The summed E-state index contributed by atoms with van der Waals surface area (Å²) in [5, 5.41) is 30.2. The first-order chi connectivity index (χ1) is 9.08. The van der Waals surface area contributed by atoms with Crippen LogP contribution in [0.3, 0.4) is 0 Å². The topological polar surface area (TPSA) is 98.2 Å². The van der Waals surface area contributed by atoms with E-state index in [0.717, 1.165) is 10.9 Å². The van der Waals surface area contributed by atoms with Crippen LogP contribution in [0.4, 0.5) is 0 Å². The Labute approximate surface area is 110 Å². The highest BCUT2D eigenvalue weighted by Crippen LogP contribution is 2.22. The summed E-state index contributed by atoms with van der Waals surface area (Å²) in [4.78, 5) is 10.7. The van der Waals surface area contributed by atoms with Gasteiger partial charge in [0, 0.05) is 18.9 Å². The predicted octanol–water partition coefficient (Wildman–Crippen LogP) is 0.483. The Morgan fingerprint density at radius 2 is 2.26 bits per heavy atom. The quantitative estimate of drug-likeness (QED) is 0.630. The second-order valence-electron chi connectivity index (χ2n) is 4.50. The highest BCUT2D eigenvalue weighted by atomic mass is 16.3. The number of fused-ring (bicyclic) bond motifs is 1. The maximum Gasteiger partial charge on any atom is 0.216 e. The van der Waals surface area contributed by atoms with Crippen molar-refractivity contribution in [2.45, 2.75) is 25.6 Å². The molecule has 2 unspecified atom stereocenters. The monoisotopic (exact) mass is 263 g/mol. The molecule has 19 heavy (non-hydrogen) atoms. The number of aromatic amines is 1. The number of nitrogens with one attached hydrogen (secondary N) is 2. The summed E-state index contributed by atoms with van der Waals surface area (Å²) in [6, 6.07) is 5.34. The molecule has 1 heterocycles. The molecule has 0 bridgehead atoms. The standard InChI is InChI=1S/C13H17N3O3/c1-8(17)14-5-4-12(18)13(19)9-2-3-10-7-15-16-11(10)6-9/h2-3,6-7,12-13,18-19H,4-5H2,1H3,(H,14,17)(H,15,16). The van der Waals surface area contributed by atoms with Crippen LogP contribution in [0.15, 0.2) is 24.4 Å². The Bertz CT molecular complexity index is 567. The SMILES string of the molecule is CC(=O)NCCC(O)C(O)c1ccc2cn[nH]c2c1. The number of amides is 1. The number of aliphatic hydroxyl groups excluding tert-OH is 2. The molecular weight excluding hydrogens is 246 g/mol. The summed E-state index contributed by atoms with van der Waals surface area (Å²) in [5.41, 5.74) is 1.43. The number of aromatic nitrogens is 2. The Balaban J connectivity index is 2.01. The molecule has 1 aromatic heterocycles. The van der Waals surface area contributed by atoms with Gasteiger partial charge in [-0.3, -0.25) is 9.89 Å². The lowest BCUT2D eigenvalue weighted by atomic mass is 10.0. The molecule has 4 N–H and O–H groups in total. The van der Waals surface area contributed by atoms with E-state index in [9.17, 15) is 15.0 Å². The van der Waals surface area contributed by atoms with Crippen molar-refractivity contribution in [2.75, 3.05) is 6.54 Å². The van der Waals surface area contributed by atoms with Gasteiger partial charge in [0.05, 0.1) is 17.8 Å². The van der Waals surface area contributed by atoms with Crippen molar-refractivity contribution in [2.24, 2.45) is 0 Å². The second-order valence-corrected chi connectivity index (χ2v) is 4.50. The van der Waals surface area contributed by atoms with E-state index in [0.29, 0.717) is 18.5 Å². The van der Waals surface area contributed by atoms with Crippen LogP contribution < -0.4 is 5.32 Å². The normalized spacial score (nSPS) is 14.3. The van der Waals surface area contributed by atoms with Gasteiger partial charge in [-0.2, -0.15) is 5.10 Å². The molecular formula is C13H17N3O3. The maximum absolute atomic E-state index is 10.7. The van der Waals surface area contributed by atoms with Crippen LogP contribution in [-0.4, -0.2) is 39.0 Å². The number of aliphatic hydroxyl groups is 2. The van der Waals surface area contributed by atoms with Crippen LogP contribution in [0.25, 0.3) is 10.9 Å². The Morgan fingerprint density at radius 1 is 1.47 bits per heavy atom. The van der Waals surface area contributed by atoms with Gasteiger partial charge in [-0.1, -0.05) is 12.1 Å². The molecule has 0 fully saturated rings. The zero-order valence-electron chi connectivity index (χ0n) is 10.6. The van der Waals surface area contributed by atoms with Gasteiger partial charge in [-0.05, 0) is 18.1 Å².